The van der Waals surface area contributed by atoms with Gasteiger partial charge >= 0.3 is 18.0 Å². The van der Waals surface area contributed by atoms with Crippen LogP contribution in [0.3, 0.4) is 0 Å². The van der Waals surface area contributed by atoms with Gasteiger partial charge < -0.3 is 35.1 Å². The number of esters is 2. The fourth-order valence-electron chi connectivity index (χ4n) is 9.59. The number of aliphatic hydroxyl groups is 1. The highest BCUT2D eigenvalue weighted by molar-refractivity contribution is 6.25. The van der Waals surface area contributed by atoms with Crippen LogP contribution in [0, 0.1) is 23.7 Å². The molecule has 8 rings (SSSR count). The number of nitrogens with one attached hydrogen (secondary N) is 1. The highest BCUT2D eigenvalue weighted by Crippen LogP contribution is 2.66. The average molecular weight is 877 g/mol. The van der Waals surface area contributed by atoms with Crippen molar-refractivity contribution in [2.24, 2.45) is 17.6 Å². The largest absolute Gasteiger partial charge is 0.497 e. The Morgan fingerprint density at radius 3 is 2.08 bits per heavy atom. The van der Waals surface area contributed by atoms with Crippen LogP contribution >= 0.6 is 0 Å². The van der Waals surface area contributed by atoms with Crippen LogP contribution in [0.25, 0.3) is 0 Å². The Labute approximate surface area is 376 Å². The molecule has 5 aromatic rings. The number of hydrogen-bond donors (Lipinski definition) is 3. The van der Waals surface area contributed by atoms with Crippen molar-refractivity contribution in [2.45, 2.75) is 49.5 Å². The number of methoxy groups -OCH3 is 2. The number of anilines is 1. The van der Waals surface area contributed by atoms with Crippen LogP contribution < -0.4 is 25.4 Å². The molecule has 0 unspecified atom stereocenters. The lowest BCUT2D eigenvalue weighted by atomic mass is 9.65. The van der Waals surface area contributed by atoms with Gasteiger partial charge in [-0.25, -0.2) is 14.5 Å². The number of cyclic esters (lactones) is 1. The molecule has 0 radical (unpaired) electrons. The van der Waals surface area contributed by atoms with Crippen LogP contribution in [0.1, 0.15) is 65.4 Å². The Kier molecular flexibility index (Phi) is 12.4. The van der Waals surface area contributed by atoms with Gasteiger partial charge in [-0.15, -0.1) is 0 Å². The van der Waals surface area contributed by atoms with Crippen molar-refractivity contribution < 1.29 is 48.0 Å². The third-order valence-electron chi connectivity index (χ3n) is 12.3. The lowest BCUT2D eigenvalue weighted by molar-refractivity contribution is -0.178. The molecule has 2 saturated heterocycles. The summed E-state index contributed by atoms with van der Waals surface area (Å²) in [6.45, 7) is 3.10. The average Bonchev–Trinajstić information content (AvgIpc) is 3.78. The van der Waals surface area contributed by atoms with E-state index in [1.54, 1.807) is 87.7 Å². The second-order valence-electron chi connectivity index (χ2n) is 16.4. The zero-order valence-corrected chi connectivity index (χ0v) is 36.2. The first-order valence-electron chi connectivity index (χ1n) is 21.2. The molecule has 3 heterocycles. The molecule has 14 nitrogen and oxygen atoms in total. The van der Waals surface area contributed by atoms with Crippen molar-refractivity contribution >= 4 is 35.5 Å². The number of amides is 4. The smallest absolute Gasteiger partial charge is 0.329 e. The third-order valence-corrected chi connectivity index (χ3v) is 12.3. The summed E-state index contributed by atoms with van der Waals surface area (Å²) >= 11 is 0. The summed E-state index contributed by atoms with van der Waals surface area (Å²) in [5.41, 5.74) is 7.52. The standard InChI is InChI=1S/C51H48N4O10/c1-30(2)41(47(58)63-4)53-50(61)54-39-25-22-32(19-18-31-20-23-36(62-3)24-21-31)28-38(39)51(49(54)60)40(46(52)57)43-48(59)65-44(34-14-9-6-10-15-34)42(33-12-7-5-8-13-33)55(43)45(51)35-16-11-17-37(29-35)64-27-26-56/h5-17,20-25,28-30,40-45,56H,26-27H2,1-4H3,(H2,52,57)(H,53,61)/t40-,41+,42-,43-,44+,45+,51-/m1/s1. The van der Waals surface area contributed by atoms with Crippen LogP contribution in [0.5, 0.6) is 11.5 Å². The quantitative estimate of drug-likeness (QED) is 0.112. The van der Waals surface area contributed by atoms with E-state index in [0.29, 0.717) is 39.3 Å². The van der Waals surface area contributed by atoms with E-state index in [2.05, 4.69) is 17.2 Å². The summed E-state index contributed by atoms with van der Waals surface area (Å²) in [7, 11) is 2.76. The second-order valence-corrected chi connectivity index (χ2v) is 16.4. The zero-order valence-electron chi connectivity index (χ0n) is 36.2. The number of carbonyl (C=O) groups is 5. The van der Waals surface area contributed by atoms with Gasteiger partial charge in [-0.1, -0.05) is 98.5 Å². The number of nitrogens with two attached hydrogens (primary N) is 1. The highest BCUT2D eigenvalue weighted by Gasteiger charge is 2.75. The molecule has 5 aromatic carbocycles. The van der Waals surface area contributed by atoms with Gasteiger partial charge in [0.1, 0.15) is 41.7 Å². The molecule has 3 aliphatic heterocycles. The van der Waals surface area contributed by atoms with Crippen LogP contribution in [0.2, 0.25) is 0 Å². The maximum atomic E-state index is 16.2. The fraction of sp³-hybridized carbons (Fsp3) is 0.275. The summed E-state index contributed by atoms with van der Waals surface area (Å²) in [5, 5.41) is 12.4. The van der Waals surface area contributed by atoms with E-state index in [9.17, 15) is 24.3 Å². The van der Waals surface area contributed by atoms with E-state index in [4.69, 9.17) is 24.7 Å². The number of imide groups is 1. The van der Waals surface area contributed by atoms with Crippen molar-refractivity contribution in [3.8, 4) is 23.3 Å². The first-order chi connectivity index (χ1) is 31.4. The molecule has 0 saturated carbocycles. The Bertz CT molecular complexity index is 2680. The molecule has 7 atom stereocenters. The molecule has 0 aromatic heterocycles. The number of nitrogens with zero attached hydrogens (tertiary/aromatic N) is 2. The van der Waals surface area contributed by atoms with E-state index in [1.807, 2.05) is 65.6 Å². The van der Waals surface area contributed by atoms with E-state index >= 15 is 4.79 Å². The lowest BCUT2D eigenvalue weighted by Crippen LogP contribution is -2.57. The number of hydrogen-bond acceptors (Lipinski definition) is 11. The number of benzene rings is 5. The molecule has 4 amide bonds. The number of rotatable bonds is 11. The van der Waals surface area contributed by atoms with Crippen LogP contribution in [-0.2, 0) is 34.1 Å². The number of carbonyl (C=O) groups excluding carboxylic acids is 5. The minimum atomic E-state index is -2.13. The Hall–Kier alpha value is -7.47. The maximum Gasteiger partial charge on any atom is 0.329 e. The first kappa shape index (κ1) is 44.1. The molecule has 3 aliphatic rings. The van der Waals surface area contributed by atoms with Crippen LogP contribution in [0.15, 0.2) is 127 Å². The molecule has 1 spiro atoms. The Morgan fingerprint density at radius 2 is 1.45 bits per heavy atom. The Balaban J connectivity index is 1.43. The molecular formula is C51H48N4O10. The lowest BCUT2D eigenvalue weighted by Gasteiger charge is -2.46. The first-order valence-corrected chi connectivity index (χ1v) is 21.2. The van der Waals surface area contributed by atoms with E-state index < -0.39 is 77.3 Å². The molecule has 65 heavy (non-hydrogen) atoms. The predicted molar refractivity (Wildman–Crippen MR) is 238 cm³/mol. The number of urea groups is 1. The van der Waals surface area contributed by atoms with Gasteiger partial charge in [0.25, 0.3) is 0 Å². The molecule has 4 N–H and O–H groups in total. The van der Waals surface area contributed by atoms with Gasteiger partial charge in [0.15, 0.2) is 0 Å². The van der Waals surface area contributed by atoms with Crippen LogP contribution in [-0.4, -0.2) is 79.3 Å². The SMILES string of the molecule is COC(=O)[C@@H](NC(=O)N1C(=O)[C@@]2(c3cc(C#Cc4ccc(OC)cc4)ccc31)[C@H](c1cccc(OCCO)c1)N1[C@H](c3ccccc3)[C@H](c3ccccc3)OC(=O)[C@H]1[C@@H]2C(N)=O)C(C)C. The number of primary amides is 1. The van der Waals surface area contributed by atoms with E-state index in [0.717, 1.165) is 4.90 Å². The number of morpholine rings is 1. The van der Waals surface area contributed by atoms with Crippen molar-refractivity contribution in [2.75, 3.05) is 32.3 Å². The third kappa shape index (κ3) is 7.83. The second kappa shape index (κ2) is 18.3. The number of aliphatic hydroxyl groups excluding tert-OH is 1. The summed E-state index contributed by atoms with van der Waals surface area (Å²) in [4.78, 5) is 76.4. The summed E-state index contributed by atoms with van der Waals surface area (Å²) in [5.74, 6) is 1.79. The fourth-order valence-corrected chi connectivity index (χ4v) is 9.59. The van der Waals surface area contributed by atoms with Gasteiger partial charge in [0.05, 0.1) is 44.5 Å². The van der Waals surface area contributed by atoms with Crippen molar-refractivity contribution in [1.29, 1.82) is 0 Å². The maximum absolute atomic E-state index is 16.2. The molecule has 332 valence electrons. The van der Waals surface area contributed by atoms with Gasteiger partial charge in [-0.2, -0.15) is 0 Å². The molecule has 0 bridgehead atoms. The number of ether oxygens (including phenoxy) is 4. The van der Waals surface area contributed by atoms with Crippen LogP contribution in [0.4, 0.5) is 10.5 Å². The summed E-state index contributed by atoms with van der Waals surface area (Å²) < 4.78 is 22.7. The molecule has 0 aliphatic carbocycles. The predicted octanol–water partition coefficient (Wildman–Crippen LogP) is 5.52. The van der Waals surface area contributed by atoms with Crippen molar-refractivity contribution in [1.82, 2.24) is 10.2 Å². The van der Waals surface area contributed by atoms with E-state index in [-0.39, 0.29) is 24.5 Å². The topological polar surface area (TPSA) is 187 Å². The van der Waals surface area contributed by atoms with Gasteiger partial charge in [0.2, 0.25) is 11.8 Å². The molecular weight excluding hydrogens is 829 g/mol. The van der Waals surface area contributed by atoms with Gasteiger partial charge in [-0.3, -0.25) is 19.3 Å². The van der Waals surface area contributed by atoms with Crippen molar-refractivity contribution in [3.63, 3.8) is 0 Å². The molecule has 2 fully saturated rings. The number of fused-ring (bicyclic) bond motifs is 3. The Morgan fingerprint density at radius 1 is 0.800 bits per heavy atom. The summed E-state index contributed by atoms with van der Waals surface area (Å²) in [6, 6.07) is 31.7. The highest BCUT2D eigenvalue weighted by atomic mass is 16.6. The monoisotopic (exact) mass is 876 g/mol. The minimum absolute atomic E-state index is 0.0479. The normalized spacial score (nSPS) is 22.6. The van der Waals surface area contributed by atoms with Gasteiger partial charge in [-0.05, 0) is 82.8 Å². The van der Waals surface area contributed by atoms with E-state index in [1.165, 1.54) is 7.11 Å². The zero-order chi connectivity index (χ0) is 46.0. The van der Waals surface area contributed by atoms with Crippen molar-refractivity contribution in [3.05, 3.63) is 161 Å². The van der Waals surface area contributed by atoms with Gasteiger partial charge in [0, 0.05) is 11.1 Å². The molecule has 14 heteroatoms. The summed E-state index contributed by atoms with van der Waals surface area (Å²) in [6.07, 6.45) is -0.953. The minimum Gasteiger partial charge on any atom is -0.497 e.